The third-order valence-electron chi connectivity index (χ3n) is 3.58. The fourth-order valence-electron chi connectivity index (χ4n) is 2.57. The average molecular weight is 367 g/mol. The van der Waals surface area contributed by atoms with Gasteiger partial charge in [0.15, 0.2) is 0 Å². The monoisotopic (exact) mass is 366 g/mol. The van der Waals surface area contributed by atoms with E-state index in [2.05, 4.69) is 4.85 Å². The van der Waals surface area contributed by atoms with Crippen molar-refractivity contribution in [2.24, 2.45) is 0 Å². The highest BCUT2D eigenvalue weighted by atomic mass is 35.5. The van der Waals surface area contributed by atoms with E-state index in [0.717, 1.165) is 5.56 Å². The van der Waals surface area contributed by atoms with Gasteiger partial charge in [-0.2, -0.15) is 0 Å². The second-order valence-corrected chi connectivity index (χ2v) is 7.20. The molecule has 1 aromatic rings. The molecule has 1 amide bonds. The van der Waals surface area contributed by atoms with Crippen LogP contribution in [0.3, 0.4) is 0 Å². The molecule has 1 heterocycles. The molecule has 1 fully saturated rings. The van der Waals surface area contributed by atoms with Crippen LogP contribution in [0.15, 0.2) is 24.3 Å². The van der Waals surface area contributed by atoms with Gasteiger partial charge in [0.1, 0.15) is 17.8 Å². The number of nitrogens with zero attached hydrogens (tertiary/aromatic N) is 2. The molecule has 7 heteroatoms. The summed E-state index contributed by atoms with van der Waals surface area (Å²) < 4.78 is 16.9. The maximum Gasteiger partial charge on any atom is 0.410 e. The molecule has 136 valence electrons. The lowest BCUT2D eigenvalue weighted by Gasteiger charge is -2.37. The van der Waals surface area contributed by atoms with E-state index in [1.807, 2.05) is 32.9 Å². The van der Waals surface area contributed by atoms with Gasteiger partial charge in [0, 0.05) is 11.6 Å². The van der Waals surface area contributed by atoms with Gasteiger partial charge >= 0.3 is 12.8 Å². The Balaban J connectivity index is 2.14. The summed E-state index contributed by atoms with van der Waals surface area (Å²) in [5.41, 5.74) is 0.255. The molecule has 1 aliphatic heterocycles. The van der Waals surface area contributed by atoms with Crippen molar-refractivity contribution >= 4 is 17.7 Å². The zero-order valence-corrected chi connectivity index (χ0v) is 15.5. The van der Waals surface area contributed by atoms with Gasteiger partial charge in [-0.1, -0.05) is 23.7 Å². The standard InChI is InChI=1S/C18H23ClN2O4/c1-18(2,3)25-17(22)21-8-9-23-15(11-21)16(24-12-20-4)13-6-5-7-14(19)10-13/h5-7,10,15-16H,8-9,11-12H2,1-3H3/t15-,16+/m1/s1. The molecule has 0 saturated carbocycles. The Morgan fingerprint density at radius 1 is 1.52 bits per heavy atom. The quantitative estimate of drug-likeness (QED) is 0.758. The summed E-state index contributed by atoms with van der Waals surface area (Å²) in [6, 6.07) is 7.24. The van der Waals surface area contributed by atoms with E-state index >= 15 is 0 Å². The second-order valence-electron chi connectivity index (χ2n) is 6.77. The lowest BCUT2D eigenvalue weighted by molar-refractivity contribution is -0.108. The van der Waals surface area contributed by atoms with Gasteiger partial charge in [-0.3, -0.25) is 4.85 Å². The van der Waals surface area contributed by atoms with Gasteiger partial charge in [0.05, 0.1) is 13.2 Å². The van der Waals surface area contributed by atoms with Gasteiger partial charge in [-0.25, -0.2) is 11.4 Å². The van der Waals surface area contributed by atoms with Crippen molar-refractivity contribution in [2.45, 2.75) is 38.6 Å². The Morgan fingerprint density at radius 3 is 2.92 bits per heavy atom. The van der Waals surface area contributed by atoms with Gasteiger partial charge in [-0.05, 0) is 38.5 Å². The Hall–Kier alpha value is -1.81. The number of ether oxygens (including phenoxy) is 3. The number of benzene rings is 1. The SMILES string of the molecule is [C-]#[N+]CO[C@@H](c1cccc(Cl)c1)[C@H]1CN(C(=O)OC(C)(C)C)CCO1. The van der Waals surface area contributed by atoms with Crippen LogP contribution < -0.4 is 0 Å². The molecule has 0 radical (unpaired) electrons. The van der Waals surface area contributed by atoms with Crippen LogP contribution in [0.4, 0.5) is 4.79 Å². The maximum atomic E-state index is 12.3. The fourth-order valence-corrected chi connectivity index (χ4v) is 2.77. The summed E-state index contributed by atoms with van der Waals surface area (Å²) in [4.78, 5) is 17.2. The van der Waals surface area contributed by atoms with Crippen LogP contribution in [0.25, 0.3) is 4.85 Å². The zero-order chi connectivity index (χ0) is 18.4. The van der Waals surface area contributed by atoms with E-state index in [4.69, 9.17) is 32.4 Å². The molecule has 1 saturated heterocycles. The number of rotatable bonds is 4. The van der Waals surface area contributed by atoms with Crippen LogP contribution in [-0.2, 0) is 14.2 Å². The van der Waals surface area contributed by atoms with Crippen molar-refractivity contribution < 1.29 is 19.0 Å². The highest BCUT2D eigenvalue weighted by Crippen LogP contribution is 2.28. The topological polar surface area (TPSA) is 52.4 Å². The third kappa shape index (κ3) is 5.89. The Labute approximate surface area is 153 Å². The minimum atomic E-state index is -0.558. The van der Waals surface area contributed by atoms with Gasteiger partial charge < -0.3 is 19.1 Å². The summed E-state index contributed by atoms with van der Waals surface area (Å²) in [7, 11) is 0. The van der Waals surface area contributed by atoms with E-state index in [1.165, 1.54) is 0 Å². The zero-order valence-electron chi connectivity index (χ0n) is 14.7. The van der Waals surface area contributed by atoms with Crippen molar-refractivity contribution in [3.05, 3.63) is 46.3 Å². The molecule has 1 aromatic carbocycles. The largest absolute Gasteiger partial charge is 0.444 e. The number of carbonyl (C=O) groups excluding carboxylic acids is 1. The molecule has 0 aromatic heterocycles. The van der Waals surface area contributed by atoms with E-state index in [0.29, 0.717) is 24.7 Å². The summed E-state index contributed by atoms with van der Waals surface area (Å²) in [5, 5.41) is 0.578. The van der Waals surface area contributed by atoms with Gasteiger partial charge in [0.25, 0.3) is 0 Å². The molecule has 1 aliphatic rings. The number of hydrogen-bond acceptors (Lipinski definition) is 4. The van der Waals surface area contributed by atoms with Crippen LogP contribution in [0, 0.1) is 6.57 Å². The molecular weight excluding hydrogens is 344 g/mol. The molecule has 0 aliphatic carbocycles. The lowest BCUT2D eigenvalue weighted by atomic mass is 10.0. The number of hydrogen-bond donors (Lipinski definition) is 0. The van der Waals surface area contributed by atoms with Crippen LogP contribution in [0.5, 0.6) is 0 Å². The van der Waals surface area contributed by atoms with Crippen molar-refractivity contribution in [1.82, 2.24) is 4.90 Å². The molecule has 2 rings (SSSR count). The first kappa shape index (κ1) is 19.5. The van der Waals surface area contributed by atoms with E-state index < -0.39 is 17.8 Å². The third-order valence-corrected chi connectivity index (χ3v) is 3.81. The number of morpholine rings is 1. The molecule has 0 N–H and O–H groups in total. The number of amides is 1. The normalized spacial score (nSPS) is 19.2. The predicted octanol–water partition coefficient (Wildman–Crippen LogP) is 3.91. The molecule has 0 bridgehead atoms. The van der Waals surface area contributed by atoms with Crippen LogP contribution in [-0.4, -0.2) is 49.1 Å². The maximum absolute atomic E-state index is 12.3. The van der Waals surface area contributed by atoms with Crippen LogP contribution >= 0.6 is 11.6 Å². The first-order chi connectivity index (χ1) is 11.8. The Kier molecular flexibility index (Phi) is 6.65. The van der Waals surface area contributed by atoms with E-state index in [1.54, 1.807) is 17.0 Å². The van der Waals surface area contributed by atoms with Crippen molar-refractivity contribution in [1.29, 1.82) is 0 Å². The summed E-state index contributed by atoms with van der Waals surface area (Å²) in [6.45, 7) is 13.5. The highest BCUT2D eigenvalue weighted by Gasteiger charge is 2.34. The van der Waals surface area contributed by atoms with Gasteiger partial charge in [-0.15, -0.1) is 0 Å². The second kappa shape index (κ2) is 8.52. The van der Waals surface area contributed by atoms with Crippen LogP contribution in [0.1, 0.15) is 32.4 Å². The molecule has 0 unspecified atom stereocenters. The molecule has 25 heavy (non-hydrogen) atoms. The highest BCUT2D eigenvalue weighted by molar-refractivity contribution is 6.30. The molecule has 0 spiro atoms. The Bertz CT molecular complexity index is 639. The fraction of sp³-hybridized carbons (Fsp3) is 0.556. The number of halogens is 1. The average Bonchev–Trinajstić information content (AvgIpc) is 2.54. The molecule has 2 atom stereocenters. The molecular formula is C18H23ClN2O4. The summed E-state index contributed by atoms with van der Waals surface area (Å²) in [6.07, 6.45) is -1.27. The predicted molar refractivity (Wildman–Crippen MR) is 94.3 cm³/mol. The van der Waals surface area contributed by atoms with Crippen LogP contribution in [0.2, 0.25) is 5.02 Å². The van der Waals surface area contributed by atoms with E-state index in [9.17, 15) is 4.79 Å². The minimum absolute atomic E-state index is 0.0938. The van der Waals surface area contributed by atoms with Gasteiger partial charge in [0.2, 0.25) is 0 Å². The van der Waals surface area contributed by atoms with Crippen molar-refractivity contribution in [2.75, 3.05) is 26.4 Å². The van der Waals surface area contributed by atoms with Crippen molar-refractivity contribution in [3.8, 4) is 0 Å². The van der Waals surface area contributed by atoms with E-state index in [-0.39, 0.29) is 12.8 Å². The molecule has 6 nitrogen and oxygen atoms in total. The number of carbonyl (C=O) groups is 1. The first-order valence-corrected chi connectivity index (χ1v) is 8.48. The Morgan fingerprint density at radius 2 is 2.28 bits per heavy atom. The first-order valence-electron chi connectivity index (χ1n) is 8.10. The van der Waals surface area contributed by atoms with Crippen molar-refractivity contribution in [3.63, 3.8) is 0 Å². The summed E-state index contributed by atoms with van der Waals surface area (Å²) >= 11 is 6.07. The minimum Gasteiger partial charge on any atom is -0.444 e. The lowest BCUT2D eigenvalue weighted by Crippen LogP contribution is -2.49. The summed E-state index contributed by atoms with van der Waals surface area (Å²) in [5.74, 6) is 0. The smallest absolute Gasteiger partial charge is 0.410 e.